The van der Waals surface area contributed by atoms with Gasteiger partial charge in [-0.05, 0) is 199 Å². The maximum atomic E-state index is 11.6. The zero-order valence-electron chi connectivity index (χ0n) is 54.5. The van der Waals surface area contributed by atoms with Crippen LogP contribution in [0, 0.1) is 76.2 Å². The van der Waals surface area contributed by atoms with Gasteiger partial charge in [-0.15, -0.1) is 22.7 Å². The second kappa shape index (κ2) is 33.9. The van der Waals surface area contributed by atoms with E-state index in [-0.39, 0.29) is 13.2 Å². The molecule has 1 aliphatic heterocycles. The molecule has 0 radical (unpaired) electrons. The third kappa shape index (κ3) is 19.2. The molecule has 0 saturated heterocycles. The summed E-state index contributed by atoms with van der Waals surface area (Å²) >= 11 is 35.7. The summed E-state index contributed by atoms with van der Waals surface area (Å²) in [4.78, 5) is 24.1. The molecule has 0 saturated carbocycles. The third-order valence-electron chi connectivity index (χ3n) is 14.9. The lowest BCUT2D eigenvalue weighted by Crippen LogP contribution is -2.33. The molecule has 0 spiro atoms. The molecule has 506 valence electrons. The Morgan fingerprint density at radius 2 is 1.03 bits per heavy atom. The van der Waals surface area contributed by atoms with Crippen LogP contribution in [-0.2, 0) is 21.5 Å². The topological polar surface area (TPSA) is 148 Å². The van der Waals surface area contributed by atoms with Gasteiger partial charge in [0.2, 0.25) is 10.5 Å². The van der Waals surface area contributed by atoms with E-state index >= 15 is 0 Å². The smallest absolute Gasteiger partial charge is 0.489 e. The predicted molar refractivity (Wildman–Crippen MR) is 406 cm³/mol. The maximum Gasteiger partial charge on any atom is 0.489 e. The molecule has 24 heteroatoms. The summed E-state index contributed by atoms with van der Waals surface area (Å²) in [5.74, 6) is 0.0652. The molecule has 0 amide bonds. The molecule has 2 N–H and O–H groups in total. The van der Waals surface area contributed by atoms with Crippen molar-refractivity contribution in [2.75, 3.05) is 11.4 Å². The average molecular weight is 1540 g/mol. The summed E-state index contributed by atoms with van der Waals surface area (Å²) in [5.41, 5.74) is 15.6. The Labute approximate surface area is 605 Å². The van der Waals surface area contributed by atoms with E-state index in [1.165, 1.54) is 68.5 Å². The van der Waals surface area contributed by atoms with Crippen LogP contribution in [0.2, 0.25) is 20.1 Å². The lowest BCUT2D eigenvalue weighted by Gasteiger charge is -2.23. The first-order valence-electron chi connectivity index (χ1n) is 29.6. The number of anilines is 1. The van der Waals surface area contributed by atoms with Crippen molar-refractivity contribution in [3.63, 3.8) is 0 Å². The van der Waals surface area contributed by atoms with Gasteiger partial charge in [0.1, 0.15) is 11.2 Å². The van der Waals surface area contributed by atoms with Gasteiger partial charge < -0.3 is 19.5 Å². The van der Waals surface area contributed by atoms with Crippen LogP contribution in [-0.4, -0.2) is 57.9 Å². The Morgan fingerprint density at radius 3 is 1.49 bits per heavy atom. The second-order valence-corrected chi connectivity index (χ2v) is 30.9. The van der Waals surface area contributed by atoms with Gasteiger partial charge in [0, 0.05) is 82.3 Å². The van der Waals surface area contributed by atoms with Gasteiger partial charge in [0.05, 0.1) is 46.7 Å². The van der Waals surface area contributed by atoms with E-state index < -0.39 is 22.7 Å². The lowest BCUT2D eigenvalue weighted by atomic mass is 9.80. The number of aromatic nitrogens is 3. The quantitative estimate of drug-likeness (QED) is 0.0519. The maximum absolute atomic E-state index is 11.6. The molecular weight excluding hydrogens is 1470 g/mol. The number of carbonyl (C=O) groups is 1. The number of alkyl halides is 3. The zero-order chi connectivity index (χ0) is 70.3. The highest BCUT2D eigenvalue weighted by atomic mass is 79.9. The number of benzene rings is 8. The number of carbonyl (C=O) groups excluding carboxylic acids is 1. The third-order valence-corrected chi connectivity index (χ3v) is 21.8. The minimum absolute atomic E-state index is 0. The van der Waals surface area contributed by atoms with Crippen molar-refractivity contribution >= 4 is 173 Å². The van der Waals surface area contributed by atoms with Crippen molar-refractivity contribution in [1.82, 2.24) is 9.97 Å². The Hall–Kier alpha value is -5.69. The highest BCUT2D eigenvalue weighted by molar-refractivity contribution is 9.10. The normalized spacial score (nSPS) is 12.1. The van der Waals surface area contributed by atoms with Crippen LogP contribution in [0.1, 0.15) is 87.7 Å². The molecule has 8 aromatic carbocycles. The molecule has 0 atom stereocenters. The minimum Gasteiger partial charge on any atom is -0.741 e. The number of thiazole rings is 3. The Balaban J connectivity index is 0.000000188. The number of halogens is 8. The van der Waals surface area contributed by atoms with Crippen molar-refractivity contribution in [1.29, 1.82) is 0 Å². The van der Waals surface area contributed by atoms with Gasteiger partial charge >= 0.3 is 12.6 Å². The number of hydrogen-bond donors (Lipinski definition) is 2. The van der Waals surface area contributed by atoms with Crippen LogP contribution in [0.15, 0.2) is 142 Å². The molecule has 11 aromatic rings. The molecule has 0 fully saturated rings. The fourth-order valence-corrected chi connectivity index (χ4v) is 16.3. The van der Waals surface area contributed by atoms with E-state index in [0.717, 1.165) is 103 Å². The summed E-state index contributed by atoms with van der Waals surface area (Å²) in [7, 11) is -7.57. The molecule has 0 bridgehead atoms. The SMILES string of the molecule is C.CCN1/C(=C/C(C)=O)Sc2ccc(C)c(-c3ccc(C)cc3Cl)c21.CC[n+]1c(C)sc2ccc(C)c(-c3ccc(C)cc3Cl)c21.Cc1ccc(-c2c(C)ccc3sc(C)nc23)c(Cl)c1.Cc1ccc(B(O)O)c(Cl)c1.Cc1nc2c(Br)c(C)ccc2s1.O=S(=O)([O-])C(F)(F)F. The van der Waals surface area contributed by atoms with Crippen molar-refractivity contribution in [3.8, 4) is 33.4 Å². The van der Waals surface area contributed by atoms with Gasteiger partial charge in [-0.3, -0.25) is 4.79 Å². The monoisotopic (exact) mass is 1540 g/mol. The molecule has 0 unspecified atom stereocenters. The van der Waals surface area contributed by atoms with Crippen molar-refractivity contribution in [2.45, 2.75) is 121 Å². The standard InChI is InChI=1S/C20H20ClNOS.C18H19ClNS.C16H14ClNS.C9H8BrNS.C7H8BClO2.CHF3O3S.CH4/c1-5-22-18(11-14(4)23)24-17-9-7-13(3)19(20(17)22)15-8-6-12(2)10-16(15)21;1-5-20-13(4)21-16-9-7-12(3)17(18(16)20)14-8-6-11(2)10-15(14)19;1-9-4-6-12(13(17)8-9)15-10(2)5-7-14-16(15)18-11(3)19-14;1-5-3-4-7-9(8(5)10)11-6(2)12-7;1-5-2-3-6(8(10)11)7(9)4-5;2-1(3,4)8(5,6)7;/h6-11H,5H2,1-4H3;6-10H,5H2,1-4H3;4-8H,1-3H3;3-4H,1-2H3;2-4,10-11H,1H3;(H,5,6,7);1H4/q;+1;;;;;/p-1/b18-11-;;;;;;. The van der Waals surface area contributed by atoms with Gasteiger partial charge in [0.25, 0.3) is 0 Å². The van der Waals surface area contributed by atoms with Crippen molar-refractivity contribution < 1.29 is 45.6 Å². The average Bonchev–Trinajstić information content (AvgIpc) is 1.58. The molecule has 3 aromatic heterocycles. The number of aryl methyl sites for hydroxylation is 12. The zero-order valence-corrected chi connectivity index (χ0v) is 63.2. The molecule has 96 heavy (non-hydrogen) atoms. The Bertz CT molecular complexity index is 4830. The van der Waals surface area contributed by atoms with Crippen molar-refractivity contribution in [2.24, 2.45) is 0 Å². The van der Waals surface area contributed by atoms with Crippen molar-refractivity contribution in [3.05, 3.63) is 217 Å². The Morgan fingerprint density at radius 1 is 0.615 bits per heavy atom. The second-order valence-electron chi connectivity index (χ2n) is 22.4. The van der Waals surface area contributed by atoms with Crippen LogP contribution in [0.5, 0.6) is 0 Å². The van der Waals surface area contributed by atoms with E-state index in [9.17, 15) is 18.0 Å². The first-order chi connectivity index (χ1) is 44.5. The van der Waals surface area contributed by atoms with Crippen LogP contribution < -0.4 is 14.9 Å². The number of thioether (sulfide) groups is 1. The number of ketones is 1. The largest absolute Gasteiger partial charge is 0.741 e. The Kier molecular flexibility index (Phi) is 28.0. The summed E-state index contributed by atoms with van der Waals surface area (Å²) in [6.07, 6.45) is 1.71. The first-order valence-corrected chi connectivity index (χ1v) is 36.6. The fraction of sp³-hybridized carbons (Fsp3) is 0.250. The van der Waals surface area contributed by atoms with Gasteiger partial charge in [0.15, 0.2) is 15.9 Å². The summed E-state index contributed by atoms with van der Waals surface area (Å²) in [5, 5.41) is 24.8. The van der Waals surface area contributed by atoms with E-state index in [0.29, 0.717) is 10.5 Å². The van der Waals surface area contributed by atoms with Crippen LogP contribution in [0.4, 0.5) is 18.9 Å². The summed E-state index contributed by atoms with van der Waals surface area (Å²) in [6, 6.07) is 41.0. The summed E-state index contributed by atoms with van der Waals surface area (Å²) in [6.45, 7) is 30.5. The van der Waals surface area contributed by atoms with E-state index in [2.05, 4.69) is 183 Å². The van der Waals surface area contributed by atoms with E-state index in [1.54, 1.807) is 65.6 Å². The van der Waals surface area contributed by atoms with Crippen LogP contribution in [0.25, 0.3) is 64.0 Å². The molecular formula is C72H73BBrCl4F3N4O6S5. The van der Waals surface area contributed by atoms with Gasteiger partial charge in [-0.25, -0.2) is 18.4 Å². The fourth-order valence-electron chi connectivity index (χ4n) is 10.4. The number of rotatable bonds is 7. The van der Waals surface area contributed by atoms with Crippen LogP contribution >= 0.6 is 108 Å². The number of nitrogens with zero attached hydrogens (tertiary/aromatic N) is 4. The predicted octanol–water partition coefficient (Wildman–Crippen LogP) is 21.7. The number of hydrogen-bond acceptors (Lipinski definition) is 13. The molecule has 1 aliphatic rings. The van der Waals surface area contributed by atoms with E-state index in [1.807, 2.05) is 57.2 Å². The summed E-state index contributed by atoms with van der Waals surface area (Å²) < 4.78 is 66.2. The van der Waals surface area contributed by atoms with Crippen LogP contribution in [0.3, 0.4) is 0 Å². The molecule has 10 nitrogen and oxygen atoms in total. The van der Waals surface area contributed by atoms with Gasteiger partial charge in [-0.1, -0.05) is 150 Å². The van der Waals surface area contributed by atoms with E-state index in [4.69, 9.17) is 69.4 Å². The highest BCUT2D eigenvalue weighted by Crippen LogP contribution is 2.52. The number of fused-ring (bicyclic) bond motifs is 4. The minimum atomic E-state index is -6.09. The van der Waals surface area contributed by atoms with Gasteiger partial charge in [-0.2, -0.15) is 17.7 Å². The highest BCUT2D eigenvalue weighted by Gasteiger charge is 2.37. The molecule has 0 aliphatic carbocycles. The first kappa shape index (κ1) is 79.3. The lowest BCUT2D eigenvalue weighted by molar-refractivity contribution is -0.669. The molecule has 4 heterocycles. The molecule has 12 rings (SSSR count). The number of allylic oxidation sites excluding steroid dienone is 1.